The molecule has 222 valence electrons. The van der Waals surface area contributed by atoms with Gasteiger partial charge in [0.2, 0.25) is 0 Å². The van der Waals surface area contributed by atoms with E-state index in [0.717, 1.165) is 69.9 Å². The molecule has 2 aliphatic heterocycles. The Hall–Kier alpha value is -3.39. The molecule has 1 saturated heterocycles. The van der Waals surface area contributed by atoms with Crippen LogP contribution >= 0.6 is 0 Å². The van der Waals surface area contributed by atoms with Crippen molar-refractivity contribution in [3.8, 4) is 28.4 Å². The Morgan fingerprint density at radius 3 is 2.52 bits per heavy atom. The van der Waals surface area contributed by atoms with Gasteiger partial charge in [-0.15, -0.1) is 0 Å². The highest BCUT2D eigenvalue weighted by Gasteiger charge is 2.32. The van der Waals surface area contributed by atoms with Gasteiger partial charge in [-0.2, -0.15) is 0 Å². The molecule has 1 aliphatic carbocycles. The smallest absolute Gasteiger partial charge is 0.306 e. The highest BCUT2D eigenvalue weighted by Crippen LogP contribution is 2.45. The summed E-state index contributed by atoms with van der Waals surface area (Å²) in [7, 11) is 0.715. The molecule has 0 spiro atoms. The minimum atomic E-state index is -0.672. The maximum atomic E-state index is 15.3. The zero-order valence-corrected chi connectivity index (χ0v) is 25.2. The van der Waals surface area contributed by atoms with E-state index in [-0.39, 0.29) is 24.1 Å². The molecule has 0 saturated carbocycles. The number of rotatable bonds is 8. The molecular formula is C34H37FO6S. The number of benzene rings is 3. The molecule has 0 aromatic heterocycles. The van der Waals surface area contributed by atoms with Crippen molar-refractivity contribution in [2.45, 2.75) is 58.0 Å². The predicted octanol–water partition coefficient (Wildman–Crippen LogP) is 6.75. The highest BCUT2D eigenvalue weighted by atomic mass is 32.2. The summed E-state index contributed by atoms with van der Waals surface area (Å²) in [5.41, 5.74) is 6.89. The van der Waals surface area contributed by atoms with Crippen molar-refractivity contribution in [3.63, 3.8) is 0 Å². The molecule has 2 atom stereocenters. The third-order valence-electron chi connectivity index (χ3n) is 8.84. The van der Waals surface area contributed by atoms with Gasteiger partial charge in [0.05, 0.1) is 26.7 Å². The normalized spacial score (nSPS) is 22.7. The highest BCUT2D eigenvalue weighted by molar-refractivity contribution is 7.85. The Kier molecular flexibility index (Phi) is 8.26. The molecule has 0 bridgehead atoms. The van der Waals surface area contributed by atoms with Crippen molar-refractivity contribution in [1.82, 2.24) is 0 Å². The molecule has 0 amide bonds. The lowest BCUT2D eigenvalue weighted by atomic mass is 9.90. The average molecular weight is 593 g/mol. The van der Waals surface area contributed by atoms with Crippen LogP contribution in [0.15, 0.2) is 42.5 Å². The van der Waals surface area contributed by atoms with E-state index in [0.29, 0.717) is 42.6 Å². The van der Waals surface area contributed by atoms with Crippen LogP contribution in [0.1, 0.15) is 65.5 Å². The number of methoxy groups -OCH3 is 1. The molecule has 3 aromatic rings. The summed E-state index contributed by atoms with van der Waals surface area (Å²) >= 11 is 0. The molecule has 0 unspecified atom stereocenters. The molecule has 6 nitrogen and oxygen atoms in total. The van der Waals surface area contributed by atoms with Gasteiger partial charge >= 0.3 is 5.97 Å². The van der Waals surface area contributed by atoms with Crippen molar-refractivity contribution in [1.29, 1.82) is 0 Å². The first-order chi connectivity index (χ1) is 20.3. The lowest BCUT2D eigenvalue weighted by Crippen LogP contribution is -2.23. The quantitative estimate of drug-likeness (QED) is 0.270. The van der Waals surface area contributed by atoms with Gasteiger partial charge in [-0.3, -0.25) is 9.00 Å². The van der Waals surface area contributed by atoms with Crippen LogP contribution in [0.3, 0.4) is 0 Å². The number of esters is 1. The molecule has 6 rings (SSSR count). The molecule has 3 aromatic carbocycles. The number of carbonyl (C=O) groups is 1. The maximum absolute atomic E-state index is 15.3. The van der Waals surface area contributed by atoms with Crippen LogP contribution in [0.5, 0.6) is 17.2 Å². The molecule has 1 fully saturated rings. The van der Waals surface area contributed by atoms with E-state index >= 15 is 4.39 Å². The van der Waals surface area contributed by atoms with Gasteiger partial charge in [-0.1, -0.05) is 12.1 Å². The van der Waals surface area contributed by atoms with Gasteiger partial charge in [-0.25, -0.2) is 4.39 Å². The van der Waals surface area contributed by atoms with E-state index in [2.05, 4.69) is 26.0 Å². The first-order valence-electron chi connectivity index (χ1n) is 14.7. The number of carbonyl (C=O) groups excluding carboxylic acids is 1. The molecule has 42 heavy (non-hydrogen) atoms. The van der Waals surface area contributed by atoms with Crippen molar-refractivity contribution in [3.05, 3.63) is 76.1 Å². The topological polar surface area (TPSA) is 71.1 Å². The van der Waals surface area contributed by atoms with Crippen molar-refractivity contribution in [2.24, 2.45) is 5.92 Å². The Balaban J connectivity index is 1.20. The summed E-state index contributed by atoms with van der Waals surface area (Å²) in [4.78, 5) is 11.8. The second kappa shape index (κ2) is 12.1. The van der Waals surface area contributed by atoms with Crippen LogP contribution in [-0.2, 0) is 26.8 Å². The predicted molar refractivity (Wildman–Crippen MR) is 160 cm³/mol. The number of fused-ring (bicyclic) bond motifs is 2. The SMILES string of the molecule is COC(=O)C[C@@H]1COc2cc(O[C@@H]3CCc4c(-c5c(C)cc(OCC6CCS(=O)CC6)cc5C)ccc(F)c43)ccc21. The van der Waals surface area contributed by atoms with Crippen LogP contribution in [0.25, 0.3) is 11.1 Å². The Morgan fingerprint density at radius 2 is 1.79 bits per heavy atom. The fourth-order valence-corrected chi connectivity index (χ4v) is 8.03. The van der Waals surface area contributed by atoms with E-state index < -0.39 is 16.9 Å². The van der Waals surface area contributed by atoms with Crippen LogP contribution in [-0.4, -0.2) is 42.0 Å². The Morgan fingerprint density at radius 1 is 1.02 bits per heavy atom. The molecule has 3 aliphatic rings. The largest absolute Gasteiger partial charge is 0.493 e. The lowest BCUT2D eigenvalue weighted by Gasteiger charge is -2.22. The van der Waals surface area contributed by atoms with E-state index in [9.17, 15) is 9.00 Å². The minimum absolute atomic E-state index is 0.0453. The van der Waals surface area contributed by atoms with E-state index in [4.69, 9.17) is 18.9 Å². The van der Waals surface area contributed by atoms with Gasteiger partial charge in [0.15, 0.2) is 0 Å². The second-order valence-corrected chi connectivity index (χ2v) is 13.4. The number of ether oxygens (including phenoxy) is 4. The van der Waals surface area contributed by atoms with Gasteiger partial charge in [-0.05, 0) is 97.5 Å². The van der Waals surface area contributed by atoms with Crippen LogP contribution in [0, 0.1) is 25.6 Å². The fourth-order valence-electron chi connectivity index (χ4n) is 6.63. The Bertz CT molecular complexity index is 1500. The molecule has 2 heterocycles. The molecular weight excluding hydrogens is 555 g/mol. The standard InChI is InChI=1S/C34H37FO6S/c1-20-14-25(39-18-22-10-12-42(37)13-11-22)15-21(2)33(20)27-6-8-29(35)34-28(27)7-9-30(34)41-24-4-5-26-23(16-32(36)38-3)19-40-31(26)17-24/h4-6,8,14-15,17,22-23,30H,7,9-13,16,18-19H2,1-3H3/t22?,23-,30-,42?/m1/s1. The second-order valence-electron chi connectivity index (χ2n) is 11.7. The number of halogens is 1. The summed E-state index contributed by atoms with van der Waals surface area (Å²) in [6.45, 7) is 5.22. The maximum Gasteiger partial charge on any atom is 0.306 e. The molecule has 0 radical (unpaired) electrons. The molecule has 0 N–H and O–H groups in total. The first kappa shape index (κ1) is 28.7. The first-order valence-corrected chi connectivity index (χ1v) is 16.2. The number of hydrogen-bond donors (Lipinski definition) is 0. The zero-order chi connectivity index (χ0) is 29.4. The fraction of sp³-hybridized carbons (Fsp3) is 0.441. The van der Waals surface area contributed by atoms with Gasteiger partial charge < -0.3 is 18.9 Å². The summed E-state index contributed by atoms with van der Waals surface area (Å²) in [5, 5.41) is 0. The van der Waals surface area contributed by atoms with Crippen LogP contribution < -0.4 is 14.2 Å². The number of aryl methyl sites for hydroxylation is 2. The van der Waals surface area contributed by atoms with E-state index in [1.165, 1.54) is 7.11 Å². The summed E-state index contributed by atoms with van der Waals surface area (Å²) in [5.74, 6) is 3.57. The van der Waals surface area contributed by atoms with Crippen LogP contribution in [0.2, 0.25) is 0 Å². The van der Waals surface area contributed by atoms with Crippen molar-refractivity contribution >= 4 is 16.8 Å². The third kappa shape index (κ3) is 5.78. The summed E-state index contributed by atoms with van der Waals surface area (Å²) < 4.78 is 50.2. The third-order valence-corrected chi connectivity index (χ3v) is 10.2. The summed E-state index contributed by atoms with van der Waals surface area (Å²) in [6.07, 6.45) is 3.15. The van der Waals surface area contributed by atoms with Gasteiger partial charge in [0.1, 0.15) is 29.2 Å². The number of hydrogen-bond acceptors (Lipinski definition) is 6. The van der Waals surface area contributed by atoms with Crippen LogP contribution in [0.4, 0.5) is 4.39 Å². The van der Waals surface area contributed by atoms with Gasteiger partial charge in [0.25, 0.3) is 0 Å². The summed E-state index contributed by atoms with van der Waals surface area (Å²) in [6, 6.07) is 13.2. The minimum Gasteiger partial charge on any atom is -0.493 e. The van der Waals surface area contributed by atoms with Crippen molar-refractivity contribution in [2.75, 3.05) is 31.8 Å². The van der Waals surface area contributed by atoms with Gasteiger partial charge in [0, 0.05) is 45.4 Å². The lowest BCUT2D eigenvalue weighted by molar-refractivity contribution is -0.141. The monoisotopic (exact) mass is 592 g/mol. The van der Waals surface area contributed by atoms with E-state index in [1.807, 2.05) is 24.3 Å². The van der Waals surface area contributed by atoms with Crippen molar-refractivity contribution < 1.29 is 32.3 Å². The molecule has 8 heteroatoms. The van der Waals surface area contributed by atoms with E-state index in [1.54, 1.807) is 6.07 Å². The average Bonchev–Trinajstić information content (AvgIpc) is 3.58. The zero-order valence-electron chi connectivity index (χ0n) is 24.4. The Labute approximate surface area is 249 Å².